The minimum absolute atomic E-state index is 0.170. The van der Waals surface area contributed by atoms with Crippen molar-refractivity contribution in [2.24, 2.45) is 0 Å². The van der Waals surface area contributed by atoms with Gasteiger partial charge < -0.3 is 24.6 Å². The number of carbonyl (C=O) groups is 2. The van der Waals surface area contributed by atoms with Crippen LogP contribution >= 0.6 is 7.82 Å². The van der Waals surface area contributed by atoms with Gasteiger partial charge in [0.1, 0.15) is 12.7 Å². The lowest BCUT2D eigenvalue weighted by molar-refractivity contribution is -0.161. The van der Waals surface area contributed by atoms with Crippen molar-refractivity contribution >= 4 is 19.8 Å². The van der Waals surface area contributed by atoms with E-state index in [0.29, 0.717) is 12.8 Å². The highest BCUT2D eigenvalue weighted by Crippen LogP contribution is 2.43. The number of hydrogen-bond donors (Lipinski definition) is 3. The molecule has 0 fully saturated rings. The van der Waals surface area contributed by atoms with E-state index < -0.39 is 51.8 Å². The zero-order valence-corrected chi connectivity index (χ0v) is 33.9. The first-order valence-electron chi connectivity index (χ1n) is 20.2. The maximum atomic E-state index is 12.6. The molecule has 0 saturated heterocycles. The van der Waals surface area contributed by atoms with Crippen LogP contribution in [0.5, 0.6) is 0 Å². The Labute approximate surface area is 321 Å². The summed E-state index contributed by atoms with van der Waals surface area (Å²) in [7, 11) is -4.63. The summed E-state index contributed by atoms with van der Waals surface area (Å²) in [6.07, 6.45) is 40.5. The summed E-state index contributed by atoms with van der Waals surface area (Å²) in [5, 5.41) is 18.3. The van der Waals surface area contributed by atoms with Crippen molar-refractivity contribution in [2.75, 3.05) is 26.4 Å². The molecule has 10 nitrogen and oxygen atoms in total. The molecule has 11 heteroatoms. The van der Waals surface area contributed by atoms with Crippen LogP contribution in [0.1, 0.15) is 155 Å². The third-order valence-electron chi connectivity index (χ3n) is 8.16. The van der Waals surface area contributed by atoms with E-state index in [0.717, 1.165) is 57.8 Å². The van der Waals surface area contributed by atoms with E-state index in [2.05, 4.69) is 79.1 Å². The van der Waals surface area contributed by atoms with Crippen LogP contribution in [0.2, 0.25) is 0 Å². The molecule has 0 aliphatic rings. The quantitative estimate of drug-likeness (QED) is 0.0241. The Morgan fingerprint density at radius 1 is 0.585 bits per heavy atom. The summed E-state index contributed by atoms with van der Waals surface area (Å²) >= 11 is 0. The fraction of sp³-hybridized carbons (Fsp3) is 0.714. The number of allylic oxidation sites excluding steroid dienone is 10. The van der Waals surface area contributed by atoms with Crippen molar-refractivity contribution in [3.63, 3.8) is 0 Å². The molecule has 1 unspecified atom stereocenters. The van der Waals surface area contributed by atoms with Crippen molar-refractivity contribution in [3.05, 3.63) is 60.8 Å². The summed E-state index contributed by atoms with van der Waals surface area (Å²) in [6, 6.07) is 0. The van der Waals surface area contributed by atoms with Gasteiger partial charge in [0.25, 0.3) is 0 Å². The average molecular weight is 769 g/mol. The molecule has 0 amide bonds. The van der Waals surface area contributed by atoms with Gasteiger partial charge in [-0.2, -0.15) is 0 Å². The highest BCUT2D eigenvalue weighted by atomic mass is 31.2. The number of phosphoric ester groups is 1. The molecule has 0 bridgehead atoms. The maximum absolute atomic E-state index is 12.6. The number of esters is 2. The van der Waals surface area contributed by atoms with E-state index in [1.165, 1.54) is 57.8 Å². The van der Waals surface area contributed by atoms with Crippen molar-refractivity contribution in [2.45, 2.75) is 167 Å². The number of rotatable bonds is 37. The molecule has 0 saturated carbocycles. The van der Waals surface area contributed by atoms with E-state index >= 15 is 0 Å². The van der Waals surface area contributed by atoms with Gasteiger partial charge in [-0.1, -0.05) is 132 Å². The van der Waals surface area contributed by atoms with E-state index in [9.17, 15) is 24.2 Å². The summed E-state index contributed by atoms with van der Waals surface area (Å²) in [6.45, 7) is 2.17. The molecule has 0 spiro atoms. The number of ether oxygens (including phenoxy) is 2. The van der Waals surface area contributed by atoms with Crippen LogP contribution in [0.3, 0.4) is 0 Å². The summed E-state index contributed by atoms with van der Waals surface area (Å²) in [5.74, 6) is -0.981. The van der Waals surface area contributed by atoms with Crippen LogP contribution in [-0.4, -0.2) is 65.7 Å². The highest BCUT2D eigenvalue weighted by molar-refractivity contribution is 7.47. The summed E-state index contributed by atoms with van der Waals surface area (Å²) in [4.78, 5) is 34.9. The van der Waals surface area contributed by atoms with E-state index in [1.54, 1.807) is 0 Å². The first-order valence-corrected chi connectivity index (χ1v) is 21.7. The lowest BCUT2D eigenvalue weighted by atomic mass is 10.1. The van der Waals surface area contributed by atoms with Gasteiger partial charge in [-0.25, -0.2) is 4.57 Å². The smallest absolute Gasteiger partial charge is 0.462 e. The lowest BCUT2D eigenvalue weighted by Crippen LogP contribution is -2.29. The average Bonchev–Trinajstić information content (AvgIpc) is 3.14. The van der Waals surface area contributed by atoms with Gasteiger partial charge in [0, 0.05) is 12.8 Å². The third kappa shape index (κ3) is 37.8. The topological polar surface area (TPSA) is 149 Å². The molecule has 0 aromatic rings. The maximum Gasteiger partial charge on any atom is 0.472 e. The summed E-state index contributed by atoms with van der Waals surface area (Å²) < 4.78 is 32.6. The monoisotopic (exact) mass is 768 g/mol. The van der Waals surface area contributed by atoms with Gasteiger partial charge in [0.05, 0.1) is 19.8 Å². The van der Waals surface area contributed by atoms with E-state index in [-0.39, 0.29) is 19.4 Å². The largest absolute Gasteiger partial charge is 0.472 e. The van der Waals surface area contributed by atoms with E-state index in [4.69, 9.17) is 19.1 Å². The Hall–Kier alpha value is -2.33. The Balaban J connectivity index is 4.41. The normalized spacial score (nSPS) is 14.6. The van der Waals surface area contributed by atoms with Crippen LogP contribution in [0.25, 0.3) is 0 Å². The third-order valence-corrected chi connectivity index (χ3v) is 9.11. The molecule has 3 atom stereocenters. The van der Waals surface area contributed by atoms with E-state index in [1.807, 2.05) is 0 Å². The fourth-order valence-corrected chi connectivity index (χ4v) is 5.81. The molecule has 0 aromatic heterocycles. The molecule has 0 aliphatic carbocycles. The van der Waals surface area contributed by atoms with Crippen LogP contribution in [0.15, 0.2) is 60.8 Å². The van der Waals surface area contributed by atoms with Crippen molar-refractivity contribution in [1.82, 2.24) is 0 Å². The Kier molecular flexibility index (Phi) is 36.3. The van der Waals surface area contributed by atoms with Crippen LogP contribution in [0, 0.1) is 0 Å². The fourth-order valence-electron chi connectivity index (χ4n) is 5.02. The molecule has 0 aromatic carbocycles. The van der Waals surface area contributed by atoms with Crippen molar-refractivity contribution in [3.8, 4) is 0 Å². The second-order valence-electron chi connectivity index (χ2n) is 13.3. The zero-order valence-electron chi connectivity index (χ0n) is 33.0. The predicted octanol–water partition coefficient (Wildman–Crippen LogP) is 10.3. The molecule has 3 N–H and O–H groups in total. The van der Waals surface area contributed by atoms with Crippen LogP contribution < -0.4 is 0 Å². The molecular formula is C42H73O10P. The Morgan fingerprint density at radius 3 is 1.62 bits per heavy atom. The Bertz CT molecular complexity index is 1070. The molecule has 0 aliphatic heterocycles. The zero-order chi connectivity index (χ0) is 39.1. The molecule has 0 rings (SSSR count). The van der Waals surface area contributed by atoms with Crippen LogP contribution in [-0.2, 0) is 32.7 Å². The Morgan fingerprint density at radius 2 is 1.04 bits per heavy atom. The number of phosphoric acid groups is 1. The van der Waals surface area contributed by atoms with Gasteiger partial charge in [0.15, 0.2) is 6.10 Å². The van der Waals surface area contributed by atoms with Gasteiger partial charge in [-0.3, -0.25) is 18.6 Å². The SMILES string of the molecule is CC/C=C/C/C=C/C/C=C/C/C=C/CCCCC(=O)OC[C@H](COP(=O)(O)OC[C@@H](O)CO)OC(=O)CCCCCCCCCCC/C=C/CCCC. The van der Waals surface area contributed by atoms with Gasteiger partial charge in [0.2, 0.25) is 0 Å². The first kappa shape index (κ1) is 50.7. The van der Waals surface area contributed by atoms with Gasteiger partial charge >= 0.3 is 19.8 Å². The second kappa shape index (κ2) is 38.0. The standard InChI is InChI=1S/C42H73O10P/c1-3-5-7-9-11-13-15-17-19-21-23-25-27-29-31-33-41(45)49-37-40(38-51-53(47,48)50-36-39(44)35-43)52-42(46)34-32-30-28-26-24-22-20-18-16-14-12-10-8-6-4-2/h5,7,10-13,17,19,23,25,39-40,43-44H,3-4,6,8-9,14-16,18,20-22,24,26-38H2,1-2H3,(H,47,48)/b7-5+,12-10+,13-11+,19-17+,25-23+/t39-,40+/m0/s1. The lowest BCUT2D eigenvalue weighted by Gasteiger charge is -2.20. The number of aliphatic hydroxyl groups is 2. The highest BCUT2D eigenvalue weighted by Gasteiger charge is 2.27. The molecule has 0 radical (unpaired) electrons. The number of aliphatic hydroxyl groups excluding tert-OH is 2. The second-order valence-corrected chi connectivity index (χ2v) is 14.7. The van der Waals surface area contributed by atoms with Crippen LogP contribution in [0.4, 0.5) is 0 Å². The number of carbonyl (C=O) groups excluding carboxylic acids is 2. The van der Waals surface area contributed by atoms with Gasteiger partial charge in [-0.05, 0) is 70.6 Å². The number of hydrogen-bond acceptors (Lipinski definition) is 9. The van der Waals surface area contributed by atoms with Gasteiger partial charge in [-0.15, -0.1) is 0 Å². The van der Waals surface area contributed by atoms with Crippen molar-refractivity contribution in [1.29, 1.82) is 0 Å². The molecule has 0 heterocycles. The molecular weight excluding hydrogens is 695 g/mol. The first-order chi connectivity index (χ1) is 25.7. The number of unbranched alkanes of at least 4 members (excludes halogenated alkanes) is 13. The minimum atomic E-state index is -4.63. The molecule has 306 valence electrons. The van der Waals surface area contributed by atoms with Crippen molar-refractivity contribution < 1.29 is 47.8 Å². The minimum Gasteiger partial charge on any atom is -0.462 e. The molecule has 53 heavy (non-hydrogen) atoms. The predicted molar refractivity (Wildman–Crippen MR) is 214 cm³/mol. The summed E-state index contributed by atoms with van der Waals surface area (Å²) in [5.41, 5.74) is 0.